The van der Waals surface area contributed by atoms with E-state index < -0.39 is 18.0 Å². The molecule has 0 aromatic heterocycles. The molecular weight excluding hydrogens is 260 g/mol. The van der Waals surface area contributed by atoms with Crippen molar-refractivity contribution in [1.82, 2.24) is 5.32 Å². The first-order valence-electron chi connectivity index (χ1n) is 6.27. The summed E-state index contributed by atoms with van der Waals surface area (Å²) in [6.07, 6.45) is 0. The highest BCUT2D eigenvalue weighted by molar-refractivity contribution is 5.92. The number of anilines is 1. The van der Waals surface area contributed by atoms with Gasteiger partial charge in [-0.15, -0.1) is 0 Å². The number of rotatable bonds is 5. The molecule has 6 heteroatoms. The average molecular weight is 280 g/mol. The Morgan fingerprint density at radius 1 is 1.10 bits per heavy atom. The van der Waals surface area contributed by atoms with Crippen molar-refractivity contribution in [1.29, 1.82) is 0 Å². The van der Waals surface area contributed by atoms with Crippen LogP contribution in [0.4, 0.5) is 10.5 Å². The van der Waals surface area contributed by atoms with Crippen molar-refractivity contribution >= 4 is 17.7 Å². The minimum Gasteiger partial charge on any atom is -0.497 e. The molecule has 2 N–H and O–H groups in total. The van der Waals surface area contributed by atoms with Gasteiger partial charge in [0.05, 0.1) is 14.2 Å². The van der Waals surface area contributed by atoms with Gasteiger partial charge in [0.25, 0.3) is 0 Å². The molecule has 0 aliphatic carbocycles. The Morgan fingerprint density at radius 2 is 1.70 bits per heavy atom. The molecule has 0 saturated carbocycles. The summed E-state index contributed by atoms with van der Waals surface area (Å²) in [4.78, 5) is 23.4. The van der Waals surface area contributed by atoms with Crippen LogP contribution in [-0.2, 0) is 9.53 Å². The molecule has 0 aliphatic rings. The van der Waals surface area contributed by atoms with Crippen molar-refractivity contribution in [3.63, 3.8) is 0 Å². The highest BCUT2D eigenvalue weighted by atomic mass is 16.5. The molecule has 20 heavy (non-hydrogen) atoms. The largest absolute Gasteiger partial charge is 0.497 e. The number of hydrogen-bond acceptors (Lipinski definition) is 4. The van der Waals surface area contributed by atoms with E-state index in [9.17, 15) is 9.59 Å². The van der Waals surface area contributed by atoms with Gasteiger partial charge in [0.15, 0.2) is 0 Å². The predicted octanol–water partition coefficient (Wildman–Crippen LogP) is 2.01. The molecule has 6 nitrogen and oxygen atoms in total. The van der Waals surface area contributed by atoms with Gasteiger partial charge in [-0.05, 0) is 30.2 Å². The van der Waals surface area contributed by atoms with E-state index in [4.69, 9.17) is 4.74 Å². The van der Waals surface area contributed by atoms with Crippen LogP contribution >= 0.6 is 0 Å². The maximum Gasteiger partial charge on any atom is 0.328 e. The van der Waals surface area contributed by atoms with Crippen LogP contribution in [0.3, 0.4) is 0 Å². The van der Waals surface area contributed by atoms with E-state index >= 15 is 0 Å². The van der Waals surface area contributed by atoms with Gasteiger partial charge < -0.3 is 20.1 Å². The predicted molar refractivity (Wildman–Crippen MR) is 75.8 cm³/mol. The fourth-order valence-electron chi connectivity index (χ4n) is 1.61. The van der Waals surface area contributed by atoms with E-state index in [0.717, 1.165) is 0 Å². The monoisotopic (exact) mass is 280 g/mol. The second-order valence-corrected chi connectivity index (χ2v) is 4.57. The number of carbonyl (C=O) groups is 2. The molecule has 0 unspecified atom stereocenters. The van der Waals surface area contributed by atoms with Gasteiger partial charge in [0.1, 0.15) is 11.8 Å². The molecule has 0 aliphatic heterocycles. The van der Waals surface area contributed by atoms with Crippen molar-refractivity contribution in [3.05, 3.63) is 24.3 Å². The summed E-state index contributed by atoms with van der Waals surface area (Å²) >= 11 is 0. The SMILES string of the molecule is COC(=O)[C@@H](NC(=O)Nc1ccc(OC)cc1)C(C)C. The zero-order valence-corrected chi connectivity index (χ0v) is 12.1. The fraction of sp³-hybridized carbons (Fsp3) is 0.429. The average Bonchev–Trinajstić information content (AvgIpc) is 2.44. The van der Waals surface area contributed by atoms with Crippen LogP contribution in [0.2, 0.25) is 0 Å². The maximum atomic E-state index is 11.8. The van der Waals surface area contributed by atoms with Gasteiger partial charge in [0, 0.05) is 5.69 Å². The van der Waals surface area contributed by atoms with E-state index in [0.29, 0.717) is 11.4 Å². The summed E-state index contributed by atoms with van der Waals surface area (Å²) in [5.41, 5.74) is 0.607. The zero-order valence-electron chi connectivity index (χ0n) is 12.1. The molecule has 0 bridgehead atoms. The molecule has 1 rings (SSSR count). The van der Waals surface area contributed by atoms with Crippen LogP contribution in [0.5, 0.6) is 5.75 Å². The molecular formula is C14H20N2O4. The van der Waals surface area contributed by atoms with Crippen LogP contribution in [-0.4, -0.2) is 32.3 Å². The van der Waals surface area contributed by atoms with Crippen molar-refractivity contribution < 1.29 is 19.1 Å². The third-order valence-corrected chi connectivity index (χ3v) is 2.76. The fourth-order valence-corrected chi connectivity index (χ4v) is 1.61. The molecule has 0 fully saturated rings. The molecule has 2 amide bonds. The molecule has 0 radical (unpaired) electrons. The Balaban J connectivity index is 2.63. The molecule has 1 atom stereocenters. The Morgan fingerprint density at radius 3 is 2.15 bits per heavy atom. The first-order chi connectivity index (χ1) is 9.47. The zero-order chi connectivity index (χ0) is 15.1. The van der Waals surface area contributed by atoms with E-state index in [1.165, 1.54) is 7.11 Å². The quantitative estimate of drug-likeness (QED) is 0.809. The molecule has 0 heterocycles. The summed E-state index contributed by atoms with van der Waals surface area (Å²) in [6, 6.07) is 5.74. The molecule has 110 valence electrons. The van der Waals surface area contributed by atoms with E-state index in [-0.39, 0.29) is 5.92 Å². The lowest BCUT2D eigenvalue weighted by Crippen LogP contribution is -2.46. The number of nitrogens with one attached hydrogen (secondary N) is 2. The van der Waals surface area contributed by atoms with Crippen molar-refractivity contribution in [2.75, 3.05) is 19.5 Å². The maximum absolute atomic E-state index is 11.8. The second-order valence-electron chi connectivity index (χ2n) is 4.57. The Hall–Kier alpha value is -2.24. The third-order valence-electron chi connectivity index (χ3n) is 2.76. The van der Waals surface area contributed by atoms with Gasteiger partial charge in [-0.25, -0.2) is 9.59 Å². The smallest absolute Gasteiger partial charge is 0.328 e. The number of urea groups is 1. The van der Waals surface area contributed by atoms with Gasteiger partial charge in [0.2, 0.25) is 0 Å². The number of amides is 2. The van der Waals surface area contributed by atoms with E-state index in [1.807, 2.05) is 13.8 Å². The van der Waals surface area contributed by atoms with Crippen molar-refractivity contribution in [2.24, 2.45) is 5.92 Å². The number of benzene rings is 1. The van der Waals surface area contributed by atoms with E-state index in [1.54, 1.807) is 31.4 Å². The number of ether oxygens (including phenoxy) is 2. The highest BCUT2D eigenvalue weighted by Gasteiger charge is 2.24. The van der Waals surface area contributed by atoms with Gasteiger partial charge in [-0.2, -0.15) is 0 Å². The van der Waals surface area contributed by atoms with Crippen molar-refractivity contribution in [3.8, 4) is 5.75 Å². The molecule has 1 aromatic rings. The number of esters is 1. The summed E-state index contributed by atoms with van der Waals surface area (Å²) in [5.74, 6) is 0.166. The Kier molecular flexibility index (Phi) is 5.83. The minimum atomic E-state index is -0.682. The molecule has 0 saturated heterocycles. The summed E-state index contributed by atoms with van der Waals surface area (Å²) < 4.78 is 9.68. The summed E-state index contributed by atoms with van der Waals surface area (Å²) in [6.45, 7) is 3.66. The summed E-state index contributed by atoms with van der Waals surface area (Å²) in [5, 5.41) is 5.23. The van der Waals surface area contributed by atoms with Crippen LogP contribution < -0.4 is 15.4 Å². The Labute approximate surface area is 118 Å². The minimum absolute atomic E-state index is 0.0657. The van der Waals surface area contributed by atoms with Crippen LogP contribution in [0, 0.1) is 5.92 Å². The first-order valence-corrected chi connectivity index (χ1v) is 6.27. The lowest BCUT2D eigenvalue weighted by Gasteiger charge is -2.20. The third kappa shape index (κ3) is 4.46. The van der Waals surface area contributed by atoms with Gasteiger partial charge in [-0.1, -0.05) is 13.8 Å². The first kappa shape index (κ1) is 15.8. The van der Waals surface area contributed by atoms with Gasteiger partial charge >= 0.3 is 12.0 Å². The molecule has 1 aromatic carbocycles. The number of carbonyl (C=O) groups excluding carboxylic acids is 2. The normalized spacial score (nSPS) is 11.7. The lowest BCUT2D eigenvalue weighted by atomic mass is 10.1. The number of hydrogen-bond donors (Lipinski definition) is 2. The summed E-state index contributed by atoms with van der Waals surface area (Å²) in [7, 11) is 2.86. The van der Waals surface area contributed by atoms with Crippen molar-refractivity contribution in [2.45, 2.75) is 19.9 Å². The molecule has 0 spiro atoms. The van der Waals surface area contributed by atoms with Crippen LogP contribution in [0.25, 0.3) is 0 Å². The topological polar surface area (TPSA) is 76.7 Å². The standard InChI is InChI=1S/C14H20N2O4/c1-9(2)12(13(17)20-4)16-14(18)15-10-5-7-11(19-3)8-6-10/h5-9,12H,1-4H3,(H2,15,16,18)/t12-/m0/s1. The second kappa shape index (κ2) is 7.37. The Bertz CT molecular complexity index is 457. The van der Waals surface area contributed by atoms with Crippen LogP contribution in [0.1, 0.15) is 13.8 Å². The number of methoxy groups -OCH3 is 2. The highest BCUT2D eigenvalue weighted by Crippen LogP contribution is 2.15. The van der Waals surface area contributed by atoms with Gasteiger partial charge in [-0.3, -0.25) is 0 Å². The van der Waals surface area contributed by atoms with Crippen LogP contribution in [0.15, 0.2) is 24.3 Å². The van der Waals surface area contributed by atoms with E-state index in [2.05, 4.69) is 15.4 Å². The lowest BCUT2D eigenvalue weighted by molar-refractivity contribution is -0.143.